The van der Waals surface area contributed by atoms with Gasteiger partial charge in [0.1, 0.15) is 0 Å². The molecule has 0 spiro atoms. The third-order valence-electron chi connectivity index (χ3n) is 4.50. The Morgan fingerprint density at radius 2 is 2.14 bits per heavy atom. The van der Waals surface area contributed by atoms with Gasteiger partial charge < -0.3 is 15.8 Å². The van der Waals surface area contributed by atoms with Gasteiger partial charge in [-0.1, -0.05) is 6.07 Å². The molecule has 1 aliphatic heterocycles. The number of halogens is 1. The van der Waals surface area contributed by atoms with E-state index in [2.05, 4.69) is 11.4 Å². The summed E-state index contributed by atoms with van der Waals surface area (Å²) in [5.41, 5.74) is 9.16. The molecule has 1 aromatic rings. The maximum atomic E-state index is 12.2. The van der Waals surface area contributed by atoms with E-state index in [-0.39, 0.29) is 30.5 Å². The van der Waals surface area contributed by atoms with Gasteiger partial charge in [-0.25, -0.2) is 0 Å². The van der Waals surface area contributed by atoms with Crippen molar-refractivity contribution in [3.8, 4) is 0 Å². The number of aryl methyl sites for hydroxylation is 1. The van der Waals surface area contributed by atoms with E-state index in [1.807, 2.05) is 12.1 Å². The maximum Gasteiger partial charge on any atom is 0.223 e. The van der Waals surface area contributed by atoms with Gasteiger partial charge in [0.15, 0.2) is 0 Å². The molecular weight excluding hydrogens is 300 g/mol. The average molecular weight is 325 g/mol. The number of hydrogen-bond donors (Lipinski definition) is 2. The van der Waals surface area contributed by atoms with Crippen LogP contribution in [0.3, 0.4) is 0 Å². The molecule has 0 radical (unpaired) electrons. The van der Waals surface area contributed by atoms with Crippen molar-refractivity contribution in [3.63, 3.8) is 0 Å². The highest BCUT2D eigenvalue weighted by Crippen LogP contribution is 2.31. The fourth-order valence-corrected chi connectivity index (χ4v) is 3.41. The molecule has 1 amide bonds. The number of carbonyl (C=O) groups is 1. The van der Waals surface area contributed by atoms with Crippen LogP contribution in [0.15, 0.2) is 18.2 Å². The van der Waals surface area contributed by atoms with Crippen LogP contribution in [0.1, 0.15) is 55.7 Å². The van der Waals surface area contributed by atoms with Crippen molar-refractivity contribution in [2.75, 3.05) is 12.3 Å². The van der Waals surface area contributed by atoms with E-state index in [1.165, 1.54) is 17.5 Å². The second kappa shape index (κ2) is 7.84. The Hall–Kier alpha value is -1.26. The lowest BCUT2D eigenvalue weighted by molar-refractivity contribution is -0.125. The summed E-state index contributed by atoms with van der Waals surface area (Å²) in [6, 6.07) is 6.16. The number of nitrogens with two attached hydrogens (primary N) is 1. The zero-order chi connectivity index (χ0) is 14.7. The first-order valence-electron chi connectivity index (χ1n) is 8.01. The number of amides is 1. The molecule has 5 heteroatoms. The number of nitrogens with one attached hydrogen (secondary N) is 1. The minimum atomic E-state index is 0. The van der Waals surface area contributed by atoms with Crippen LogP contribution < -0.4 is 11.1 Å². The van der Waals surface area contributed by atoms with Gasteiger partial charge in [-0.05, 0) is 61.8 Å². The Balaban J connectivity index is 0.00000176. The topological polar surface area (TPSA) is 64.3 Å². The summed E-state index contributed by atoms with van der Waals surface area (Å²) in [6.07, 6.45) is 7.05. The van der Waals surface area contributed by atoms with E-state index in [0.717, 1.165) is 44.4 Å². The fourth-order valence-electron chi connectivity index (χ4n) is 3.41. The second-order valence-corrected chi connectivity index (χ2v) is 6.16. The van der Waals surface area contributed by atoms with E-state index >= 15 is 0 Å². The summed E-state index contributed by atoms with van der Waals surface area (Å²) in [5, 5.41) is 3.18. The SMILES string of the molecule is Cl.Nc1ccc2c(c1)CCCC2NC(=O)CC1CCCCO1. The zero-order valence-corrected chi connectivity index (χ0v) is 13.7. The molecule has 22 heavy (non-hydrogen) atoms. The van der Waals surface area contributed by atoms with Crippen LogP contribution in [0, 0.1) is 0 Å². The lowest BCUT2D eigenvalue weighted by Gasteiger charge is -2.28. The molecule has 3 N–H and O–H groups in total. The van der Waals surface area contributed by atoms with Gasteiger partial charge in [-0.2, -0.15) is 0 Å². The zero-order valence-electron chi connectivity index (χ0n) is 12.8. The molecule has 1 heterocycles. The highest BCUT2D eigenvalue weighted by atomic mass is 35.5. The predicted molar refractivity (Wildman–Crippen MR) is 90.1 cm³/mol. The lowest BCUT2D eigenvalue weighted by Crippen LogP contribution is -2.34. The first-order valence-corrected chi connectivity index (χ1v) is 8.01. The minimum Gasteiger partial charge on any atom is -0.399 e. The molecule has 1 saturated heterocycles. The van der Waals surface area contributed by atoms with Crippen LogP contribution in [0.25, 0.3) is 0 Å². The number of hydrogen-bond acceptors (Lipinski definition) is 3. The van der Waals surface area contributed by atoms with Crippen LogP contribution in [0.2, 0.25) is 0 Å². The summed E-state index contributed by atoms with van der Waals surface area (Å²) in [6.45, 7) is 0.795. The molecule has 0 saturated carbocycles. The maximum absolute atomic E-state index is 12.2. The number of rotatable bonds is 3. The van der Waals surface area contributed by atoms with Crippen LogP contribution in [-0.2, 0) is 16.0 Å². The van der Waals surface area contributed by atoms with Crippen LogP contribution in [0.5, 0.6) is 0 Å². The highest BCUT2D eigenvalue weighted by Gasteiger charge is 2.24. The van der Waals surface area contributed by atoms with Crippen molar-refractivity contribution >= 4 is 24.0 Å². The Bertz CT molecular complexity index is 515. The highest BCUT2D eigenvalue weighted by molar-refractivity contribution is 5.85. The van der Waals surface area contributed by atoms with E-state index in [1.54, 1.807) is 0 Å². The van der Waals surface area contributed by atoms with Crippen molar-refractivity contribution in [2.24, 2.45) is 0 Å². The second-order valence-electron chi connectivity index (χ2n) is 6.16. The van der Waals surface area contributed by atoms with Crippen molar-refractivity contribution < 1.29 is 9.53 Å². The van der Waals surface area contributed by atoms with E-state index in [9.17, 15) is 4.79 Å². The van der Waals surface area contributed by atoms with Gasteiger partial charge in [0.2, 0.25) is 5.91 Å². The van der Waals surface area contributed by atoms with Crippen molar-refractivity contribution in [1.82, 2.24) is 5.32 Å². The quantitative estimate of drug-likeness (QED) is 0.839. The Morgan fingerprint density at radius 3 is 2.91 bits per heavy atom. The summed E-state index contributed by atoms with van der Waals surface area (Å²) in [5.74, 6) is 0.108. The molecule has 2 aliphatic rings. The Labute approximate surface area is 138 Å². The van der Waals surface area contributed by atoms with Crippen molar-refractivity contribution in [3.05, 3.63) is 29.3 Å². The third kappa shape index (κ3) is 4.14. The monoisotopic (exact) mass is 324 g/mol. The van der Waals surface area contributed by atoms with Gasteiger partial charge >= 0.3 is 0 Å². The van der Waals surface area contributed by atoms with Gasteiger partial charge in [0.05, 0.1) is 18.6 Å². The molecule has 4 nitrogen and oxygen atoms in total. The van der Waals surface area contributed by atoms with Gasteiger partial charge in [0, 0.05) is 12.3 Å². The molecule has 3 rings (SSSR count). The average Bonchev–Trinajstić information content (AvgIpc) is 2.48. The molecular formula is C17H25ClN2O2. The van der Waals surface area contributed by atoms with Crippen molar-refractivity contribution in [2.45, 2.75) is 57.1 Å². The predicted octanol–water partition coefficient (Wildman–Crippen LogP) is 3.14. The first-order chi connectivity index (χ1) is 10.2. The number of nitrogen functional groups attached to an aromatic ring is 1. The van der Waals surface area contributed by atoms with E-state index in [4.69, 9.17) is 10.5 Å². The minimum absolute atomic E-state index is 0. The smallest absolute Gasteiger partial charge is 0.223 e. The normalized spacial score (nSPS) is 24.0. The number of anilines is 1. The van der Waals surface area contributed by atoms with E-state index in [0.29, 0.717) is 6.42 Å². The number of ether oxygens (including phenoxy) is 1. The first kappa shape index (κ1) is 17.1. The largest absolute Gasteiger partial charge is 0.399 e. The molecule has 0 bridgehead atoms. The summed E-state index contributed by atoms with van der Waals surface area (Å²) < 4.78 is 5.65. The molecule has 0 aromatic heterocycles. The summed E-state index contributed by atoms with van der Waals surface area (Å²) in [4.78, 5) is 12.2. The molecule has 1 aliphatic carbocycles. The molecule has 1 fully saturated rings. The number of fused-ring (bicyclic) bond motifs is 1. The molecule has 2 unspecified atom stereocenters. The van der Waals surface area contributed by atoms with Gasteiger partial charge in [-0.15, -0.1) is 12.4 Å². The van der Waals surface area contributed by atoms with E-state index < -0.39 is 0 Å². The number of benzene rings is 1. The van der Waals surface area contributed by atoms with Crippen LogP contribution in [-0.4, -0.2) is 18.6 Å². The van der Waals surface area contributed by atoms with Gasteiger partial charge in [-0.3, -0.25) is 4.79 Å². The Morgan fingerprint density at radius 1 is 1.27 bits per heavy atom. The van der Waals surface area contributed by atoms with Crippen molar-refractivity contribution in [1.29, 1.82) is 0 Å². The van der Waals surface area contributed by atoms with Gasteiger partial charge in [0.25, 0.3) is 0 Å². The van der Waals surface area contributed by atoms with Crippen LogP contribution >= 0.6 is 12.4 Å². The number of carbonyl (C=O) groups excluding carboxylic acids is 1. The Kier molecular flexibility index (Phi) is 6.09. The third-order valence-corrected chi connectivity index (χ3v) is 4.50. The van der Waals surface area contributed by atoms with Crippen LogP contribution in [0.4, 0.5) is 5.69 Å². The lowest BCUT2D eigenvalue weighted by atomic mass is 9.87. The molecule has 2 atom stereocenters. The summed E-state index contributed by atoms with van der Waals surface area (Å²) >= 11 is 0. The summed E-state index contributed by atoms with van der Waals surface area (Å²) in [7, 11) is 0. The fraction of sp³-hybridized carbons (Fsp3) is 0.588. The molecule has 122 valence electrons. The molecule has 1 aromatic carbocycles. The standard InChI is InChI=1S/C17H24N2O2.ClH/c18-13-7-8-15-12(10-13)4-3-6-16(15)19-17(20)11-14-5-1-2-9-21-14;/h7-8,10,14,16H,1-6,9,11,18H2,(H,19,20);1H.